The summed E-state index contributed by atoms with van der Waals surface area (Å²) in [5.74, 6) is 0.436. The molecule has 0 fully saturated rings. The Morgan fingerprint density at radius 3 is 3.17 bits per heavy atom. The van der Waals surface area contributed by atoms with Gasteiger partial charge in [0.2, 0.25) is 0 Å². The summed E-state index contributed by atoms with van der Waals surface area (Å²) >= 11 is 0. The van der Waals surface area contributed by atoms with Crippen LogP contribution in [0.15, 0.2) is 6.20 Å². The lowest BCUT2D eigenvalue weighted by Crippen LogP contribution is -2.18. The molecule has 2 rings (SSSR count). The van der Waals surface area contributed by atoms with E-state index in [4.69, 9.17) is 0 Å². The molecule has 3 nitrogen and oxygen atoms in total. The zero-order chi connectivity index (χ0) is 8.72. The van der Waals surface area contributed by atoms with E-state index in [0.29, 0.717) is 0 Å². The quantitative estimate of drug-likeness (QED) is 0.577. The Balaban J connectivity index is 2.48. The number of aryl methyl sites for hydroxylation is 2. The number of ketones is 1. The third-order valence-electron chi connectivity index (χ3n) is 2.43. The van der Waals surface area contributed by atoms with Gasteiger partial charge in [0.25, 0.3) is 0 Å². The fraction of sp³-hybridized carbons (Fsp3) is 0.556. The molecule has 0 amide bonds. The summed E-state index contributed by atoms with van der Waals surface area (Å²) in [4.78, 5) is 11.6. The molecule has 0 radical (unpaired) electrons. The van der Waals surface area contributed by atoms with Gasteiger partial charge in [0.15, 0.2) is 5.78 Å². The Labute approximate surface area is 71.4 Å². The Kier molecular flexibility index (Phi) is 1.53. The minimum atomic E-state index is 0.182. The monoisotopic (exact) mass is 164 g/mol. The molecule has 0 N–H and O–H groups in total. The smallest absolute Gasteiger partial charge is 0.169 e. The van der Waals surface area contributed by atoms with Gasteiger partial charge in [-0.3, -0.25) is 9.48 Å². The lowest BCUT2D eigenvalue weighted by molar-refractivity contribution is 0.0913. The first-order chi connectivity index (χ1) is 5.68. The third kappa shape index (κ3) is 0.967. The predicted octanol–water partition coefficient (Wildman–Crippen LogP) is 1.19. The van der Waals surface area contributed by atoms with Crippen molar-refractivity contribution in [1.82, 2.24) is 9.78 Å². The first-order valence-electron chi connectivity index (χ1n) is 4.25. The van der Waals surface area contributed by atoms with E-state index in [1.165, 1.54) is 0 Å². The summed E-state index contributed by atoms with van der Waals surface area (Å²) in [6.45, 7) is 1.98. The topological polar surface area (TPSA) is 34.9 Å². The van der Waals surface area contributed by atoms with E-state index < -0.39 is 0 Å². The number of aromatic nitrogens is 2. The van der Waals surface area contributed by atoms with Crippen molar-refractivity contribution in [1.29, 1.82) is 0 Å². The number of rotatable bonds is 0. The number of carbonyl (C=O) groups excluding carboxylic acids is 1. The highest BCUT2D eigenvalue weighted by Gasteiger charge is 2.25. The number of hydrogen-bond acceptors (Lipinski definition) is 2. The van der Waals surface area contributed by atoms with Crippen LogP contribution in [-0.4, -0.2) is 15.6 Å². The Hall–Kier alpha value is -1.12. The average molecular weight is 164 g/mol. The SMILES string of the molecule is CC1CCc2nn(C)cc2C1=O. The molecule has 1 heterocycles. The largest absolute Gasteiger partial charge is 0.294 e. The molecule has 0 aromatic carbocycles. The molecule has 1 aliphatic rings. The van der Waals surface area contributed by atoms with Crippen molar-refractivity contribution >= 4 is 5.78 Å². The molecule has 1 aliphatic carbocycles. The molecule has 1 aromatic rings. The highest BCUT2D eigenvalue weighted by Crippen LogP contribution is 2.23. The molecular weight excluding hydrogens is 152 g/mol. The van der Waals surface area contributed by atoms with E-state index in [1.807, 2.05) is 20.2 Å². The van der Waals surface area contributed by atoms with Gasteiger partial charge in [0, 0.05) is 19.2 Å². The summed E-state index contributed by atoms with van der Waals surface area (Å²) in [6.07, 6.45) is 3.72. The highest BCUT2D eigenvalue weighted by atomic mass is 16.1. The van der Waals surface area contributed by atoms with Crippen molar-refractivity contribution < 1.29 is 4.79 Å². The maximum Gasteiger partial charge on any atom is 0.169 e. The molecule has 1 aromatic heterocycles. The molecule has 1 unspecified atom stereocenters. The van der Waals surface area contributed by atoms with Crippen molar-refractivity contribution in [2.75, 3.05) is 0 Å². The molecule has 64 valence electrons. The molecule has 3 heteroatoms. The van der Waals surface area contributed by atoms with Crippen LogP contribution in [0.5, 0.6) is 0 Å². The Morgan fingerprint density at radius 1 is 1.67 bits per heavy atom. The average Bonchev–Trinajstić information content (AvgIpc) is 2.39. The molecule has 0 bridgehead atoms. The first kappa shape index (κ1) is 7.53. The number of nitrogens with zero attached hydrogens (tertiary/aromatic N) is 2. The standard InChI is InChI=1S/C9H12N2O/c1-6-3-4-8-7(9(6)12)5-11(2)10-8/h5-6H,3-4H2,1-2H3. The predicted molar refractivity (Wildman–Crippen MR) is 45.0 cm³/mol. The van der Waals surface area contributed by atoms with Crippen LogP contribution in [0, 0.1) is 5.92 Å². The summed E-state index contributed by atoms with van der Waals surface area (Å²) in [5, 5.41) is 4.23. The van der Waals surface area contributed by atoms with Crippen LogP contribution in [0.1, 0.15) is 29.4 Å². The van der Waals surface area contributed by atoms with Gasteiger partial charge < -0.3 is 0 Å². The third-order valence-corrected chi connectivity index (χ3v) is 2.43. The van der Waals surface area contributed by atoms with Crippen LogP contribution in [0.4, 0.5) is 0 Å². The molecule has 1 atom stereocenters. The maximum absolute atomic E-state index is 11.6. The van der Waals surface area contributed by atoms with Crippen LogP contribution in [0.2, 0.25) is 0 Å². The lowest BCUT2D eigenvalue weighted by Gasteiger charge is -2.14. The maximum atomic E-state index is 11.6. The van der Waals surface area contributed by atoms with Crippen molar-refractivity contribution in [2.24, 2.45) is 13.0 Å². The molecule has 0 saturated heterocycles. The van der Waals surface area contributed by atoms with Crippen LogP contribution in [-0.2, 0) is 13.5 Å². The Bertz CT molecular complexity index is 327. The van der Waals surface area contributed by atoms with E-state index in [2.05, 4.69) is 5.10 Å². The number of fused-ring (bicyclic) bond motifs is 1. The van der Waals surface area contributed by atoms with Gasteiger partial charge in [-0.1, -0.05) is 6.92 Å². The van der Waals surface area contributed by atoms with Gasteiger partial charge in [0.05, 0.1) is 11.3 Å². The van der Waals surface area contributed by atoms with Gasteiger partial charge in [-0.15, -0.1) is 0 Å². The van der Waals surface area contributed by atoms with Gasteiger partial charge in [-0.25, -0.2) is 0 Å². The minimum absolute atomic E-state index is 0.182. The first-order valence-corrected chi connectivity index (χ1v) is 4.25. The van der Waals surface area contributed by atoms with Crippen molar-refractivity contribution in [3.05, 3.63) is 17.5 Å². The number of carbonyl (C=O) groups is 1. The van der Waals surface area contributed by atoms with Crippen molar-refractivity contribution in [3.8, 4) is 0 Å². The second-order valence-corrected chi connectivity index (χ2v) is 3.47. The fourth-order valence-electron chi connectivity index (χ4n) is 1.67. The molecular formula is C9H12N2O. The van der Waals surface area contributed by atoms with Gasteiger partial charge >= 0.3 is 0 Å². The summed E-state index contributed by atoms with van der Waals surface area (Å²) in [7, 11) is 1.86. The van der Waals surface area contributed by atoms with E-state index in [9.17, 15) is 4.79 Å². The second-order valence-electron chi connectivity index (χ2n) is 3.47. The molecule has 0 aliphatic heterocycles. The number of Topliss-reactive ketones (excluding diaryl/α,β-unsaturated/α-hetero) is 1. The fourth-order valence-corrected chi connectivity index (χ4v) is 1.67. The van der Waals surface area contributed by atoms with Crippen LogP contribution >= 0.6 is 0 Å². The van der Waals surface area contributed by atoms with Gasteiger partial charge in [-0.2, -0.15) is 5.10 Å². The second kappa shape index (κ2) is 2.44. The van der Waals surface area contributed by atoms with E-state index in [1.54, 1.807) is 4.68 Å². The summed E-state index contributed by atoms with van der Waals surface area (Å²) in [6, 6.07) is 0. The van der Waals surface area contributed by atoms with E-state index in [0.717, 1.165) is 24.1 Å². The molecule has 0 saturated carbocycles. The lowest BCUT2D eigenvalue weighted by atomic mass is 9.88. The minimum Gasteiger partial charge on any atom is -0.294 e. The Morgan fingerprint density at radius 2 is 2.42 bits per heavy atom. The van der Waals surface area contributed by atoms with Gasteiger partial charge in [-0.05, 0) is 12.8 Å². The zero-order valence-corrected chi connectivity index (χ0v) is 7.37. The molecule has 12 heavy (non-hydrogen) atoms. The van der Waals surface area contributed by atoms with Crippen LogP contribution in [0.3, 0.4) is 0 Å². The summed E-state index contributed by atoms with van der Waals surface area (Å²) in [5.41, 5.74) is 1.80. The van der Waals surface area contributed by atoms with Crippen LogP contribution < -0.4 is 0 Å². The van der Waals surface area contributed by atoms with Crippen LogP contribution in [0.25, 0.3) is 0 Å². The summed E-state index contributed by atoms with van der Waals surface area (Å²) < 4.78 is 1.72. The van der Waals surface area contributed by atoms with E-state index in [-0.39, 0.29) is 11.7 Å². The normalized spacial score (nSPS) is 22.5. The zero-order valence-electron chi connectivity index (χ0n) is 7.37. The van der Waals surface area contributed by atoms with E-state index >= 15 is 0 Å². The van der Waals surface area contributed by atoms with Crippen molar-refractivity contribution in [3.63, 3.8) is 0 Å². The van der Waals surface area contributed by atoms with Crippen molar-refractivity contribution in [2.45, 2.75) is 19.8 Å². The number of hydrogen-bond donors (Lipinski definition) is 0. The molecule has 0 spiro atoms. The van der Waals surface area contributed by atoms with Gasteiger partial charge in [0.1, 0.15) is 0 Å². The highest BCUT2D eigenvalue weighted by molar-refractivity contribution is 5.99.